The number of hydrogen-bond donors (Lipinski definition) is 2. The van der Waals surface area contributed by atoms with Crippen molar-refractivity contribution in [3.05, 3.63) is 63.8 Å². The fraction of sp³-hybridized carbons (Fsp3) is 0.214. The lowest BCUT2D eigenvalue weighted by molar-refractivity contribution is -0.120. The van der Waals surface area contributed by atoms with Gasteiger partial charge in [-0.05, 0) is 18.1 Å². The van der Waals surface area contributed by atoms with Gasteiger partial charge in [-0.1, -0.05) is 24.3 Å². The number of amides is 1. The molecule has 0 spiro atoms. The van der Waals surface area contributed by atoms with E-state index in [1.165, 1.54) is 17.0 Å². The number of nitrogens with zero attached hydrogens (tertiary/aromatic N) is 2. The Hall–Kier alpha value is -2.47. The van der Waals surface area contributed by atoms with Crippen molar-refractivity contribution in [3.63, 3.8) is 0 Å². The molecule has 1 amide bonds. The van der Waals surface area contributed by atoms with E-state index >= 15 is 0 Å². The number of nitrogens with one attached hydrogen (secondary N) is 1. The topological polar surface area (TPSA) is 90.0 Å². The van der Waals surface area contributed by atoms with Gasteiger partial charge in [-0.25, -0.2) is 10.8 Å². The van der Waals surface area contributed by atoms with E-state index in [0.29, 0.717) is 12.2 Å². The molecule has 0 saturated carbocycles. The van der Waals surface area contributed by atoms with Gasteiger partial charge in [0.15, 0.2) is 0 Å². The van der Waals surface area contributed by atoms with Gasteiger partial charge in [-0.15, -0.1) is 0 Å². The number of carbonyl (C=O) groups is 1. The molecule has 1 aromatic carbocycles. The zero-order valence-electron chi connectivity index (χ0n) is 11.2. The van der Waals surface area contributed by atoms with Crippen molar-refractivity contribution in [3.8, 4) is 0 Å². The van der Waals surface area contributed by atoms with Crippen molar-refractivity contribution in [2.45, 2.75) is 19.9 Å². The minimum absolute atomic E-state index is 0.115. The maximum absolute atomic E-state index is 11.9. The lowest BCUT2D eigenvalue weighted by Gasteiger charge is -2.10. The van der Waals surface area contributed by atoms with Gasteiger partial charge in [0.1, 0.15) is 0 Å². The van der Waals surface area contributed by atoms with E-state index in [9.17, 15) is 9.59 Å². The maximum atomic E-state index is 11.9. The predicted molar refractivity (Wildman–Crippen MR) is 74.8 cm³/mol. The summed E-state index contributed by atoms with van der Waals surface area (Å²) in [4.78, 5) is 27.3. The molecule has 0 aliphatic rings. The van der Waals surface area contributed by atoms with Gasteiger partial charge in [0.05, 0.1) is 19.3 Å². The van der Waals surface area contributed by atoms with Gasteiger partial charge in [-0.3, -0.25) is 19.6 Å². The molecule has 0 bridgehead atoms. The van der Waals surface area contributed by atoms with Crippen LogP contribution in [0.25, 0.3) is 0 Å². The summed E-state index contributed by atoms with van der Waals surface area (Å²) in [6, 6.07) is 8.92. The molecule has 0 saturated heterocycles. The van der Waals surface area contributed by atoms with Crippen LogP contribution in [0.15, 0.2) is 41.5 Å². The molecule has 1 aromatic heterocycles. The lowest BCUT2D eigenvalue weighted by Crippen LogP contribution is -2.31. The standard InChI is InChI=1S/C14H16N4O2/c1-10-6-14(20)18(9-16-10)8-12-5-3-2-4-11(12)7-13(19)17-15/h2-6,9H,7-8,15H2,1H3,(H,17,19). The predicted octanol–water partition coefficient (Wildman–Crippen LogP) is 0.132. The number of hydrogen-bond acceptors (Lipinski definition) is 4. The Balaban J connectivity index is 2.29. The van der Waals surface area contributed by atoms with Crippen LogP contribution in [0.5, 0.6) is 0 Å². The molecule has 0 unspecified atom stereocenters. The second-order valence-electron chi connectivity index (χ2n) is 4.51. The van der Waals surface area contributed by atoms with E-state index in [0.717, 1.165) is 11.1 Å². The third-order valence-electron chi connectivity index (χ3n) is 2.99. The van der Waals surface area contributed by atoms with Crippen LogP contribution in [-0.2, 0) is 17.8 Å². The summed E-state index contributed by atoms with van der Waals surface area (Å²) in [5.41, 5.74) is 4.40. The number of carbonyl (C=O) groups excluding carboxylic acids is 1. The largest absolute Gasteiger partial charge is 0.295 e. The summed E-state index contributed by atoms with van der Waals surface area (Å²) in [6.45, 7) is 2.14. The monoisotopic (exact) mass is 272 g/mol. The molecular formula is C14H16N4O2. The van der Waals surface area contributed by atoms with Crippen molar-refractivity contribution < 1.29 is 4.79 Å². The highest BCUT2D eigenvalue weighted by atomic mass is 16.2. The number of aromatic nitrogens is 2. The normalized spacial score (nSPS) is 10.3. The number of rotatable bonds is 4. The van der Waals surface area contributed by atoms with E-state index in [2.05, 4.69) is 10.4 Å². The molecular weight excluding hydrogens is 256 g/mol. The molecule has 0 aliphatic heterocycles. The molecule has 0 radical (unpaired) electrons. The van der Waals surface area contributed by atoms with Crippen LogP contribution in [0.1, 0.15) is 16.8 Å². The average molecular weight is 272 g/mol. The summed E-state index contributed by atoms with van der Waals surface area (Å²) in [6.07, 6.45) is 1.69. The Bertz CT molecular complexity index is 679. The summed E-state index contributed by atoms with van der Waals surface area (Å²) in [5, 5.41) is 0. The molecule has 0 atom stereocenters. The summed E-state index contributed by atoms with van der Waals surface area (Å²) in [5.74, 6) is 4.83. The van der Waals surface area contributed by atoms with E-state index < -0.39 is 0 Å². The van der Waals surface area contributed by atoms with Crippen LogP contribution in [0.3, 0.4) is 0 Å². The van der Waals surface area contributed by atoms with E-state index in [1.54, 1.807) is 6.92 Å². The van der Waals surface area contributed by atoms with Crippen molar-refractivity contribution in [1.29, 1.82) is 0 Å². The zero-order valence-corrected chi connectivity index (χ0v) is 11.2. The first-order valence-corrected chi connectivity index (χ1v) is 6.19. The second kappa shape index (κ2) is 6.12. The van der Waals surface area contributed by atoms with Gasteiger partial charge < -0.3 is 0 Å². The van der Waals surface area contributed by atoms with Crippen molar-refractivity contribution in [2.24, 2.45) is 5.84 Å². The van der Waals surface area contributed by atoms with Crippen LogP contribution in [0.2, 0.25) is 0 Å². The number of hydrazine groups is 1. The van der Waals surface area contributed by atoms with E-state index in [1.807, 2.05) is 24.3 Å². The first kappa shape index (κ1) is 14.0. The quantitative estimate of drug-likeness (QED) is 0.470. The Labute approximate surface area is 116 Å². The Morgan fingerprint density at radius 3 is 2.70 bits per heavy atom. The fourth-order valence-corrected chi connectivity index (χ4v) is 1.93. The van der Waals surface area contributed by atoms with Crippen LogP contribution in [0, 0.1) is 6.92 Å². The van der Waals surface area contributed by atoms with Gasteiger partial charge in [-0.2, -0.15) is 0 Å². The van der Waals surface area contributed by atoms with Crippen LogP contribution < -0.4 is 16.8 Å². The first-order chi connectivity index (χ1) is 9.60. The van der Waals surface area contributed by atoms with Crippen LogP contribution >= 0.6 is 0 Å². The second-order valence-corrected chi connectivity index (χ2v) is 4.51. The third-order valence-corrected chi connectivity index (χ3v) is 2.99. The summed E-state index contributed by atoms with van der Waals surface area (Å²) in [7, 11) is 0. The minimum Gasteiger partial charge on any atom is -0.295 e. The molecule has 1 heterocycles. The van der Waals surface area contributed by atoms with Gasteiger partial charge in [0.2, 0.25) is 5.91 Å². The zero-order chi connectivity index (χ0) is 14.5. The highest BCUT2D eigenvalue weighted by Gasteiger charge is 2.08. The SMILES string of the molecule is Cc1cc(=O)n(Cc2ccccc2CC(=O)NN)cn1. The van der Waals surface area contributed by atoms with Crippen LogP contribution in [-0.4, -0.2) is 15.5 Å². The smallest absolute Gasteiger partial charge is 0.253 e. The van der Waals surface area contributed by atoms with E-state index in [4.69, 9.17) is 5.84 Å². The summed E-state index contributed by atoms with van der Waals surface area (Å²) >= 11 is 0. The fourth-order valence-electron chi connectivity index (χ4n) is 1.93. The number of benzene rings is 1. The summed E-state index contributed by atoms with van der Waals surface area (Å²) < 4.78 is 1.51. The molecule has 6 nitrogen and oxygen atoms in total. The molecule has 3 N–H and O–H groups in total. The van der Waals surface area contributed by atoms with Gasteiger partial charge in [0.25, 0.3) is 5.56 Å². The molecule has 104 valence electrons. The van der Waals surface area contributed by atoms with Crippen molar-refractivity contribution in [2.75, 3.05) is 0 Å². The molecule has 0 aliphatic carbocycles. The molecule has 2 rings (SSSR count). The lowest BCUT2D eigenvalue weighted by atomic mass is 10.0. The Morgan fingerprint density at radius 2 is 2.05 bits per heavy atom. The number of aryl methyl sites for hydroxylation is 1. The molecule has 0 fully saturated rings. The Kier molecular flexibility index (Phi) is 4.27. The Morgan fingerprint density at radius 1 is 1.35 bits per heavy atom. The average Bonchev–Trinajstić information content (AvgIpc) is 2.43. The highest BCUT2D eigenvalue weighted by Crippen LogP contribution is 2.10. The number of nitrogens with two attached hydrogens (primary N) is 1. The van der Waals surface area contributed by atoms with E-state index in [-0.39, 0.29) is 17.9 Å². The minimum atomic E-state index is -0.271. The maximum Gasteiger partial charge on any atom is 0.253 e. The molecule has 20 heavy (non-hydrogen) atoms. The molecule has 6 heteroatoms. The molecule has 2 aromatic rings. The van der Waals surface area contributed by atoms with Crippen molar-refractivity contribution in [1.82, 2.24) is 15.0 Å². The van der Waals surface area contributed by atoms with Crippen LogP contribution in [0.4, 0.5) is 0 Å². The van der Waals surface area contributed by atoms with Gasteiger partial charge >= 0.3 is 0 Å². The third kappa shape index (κ3) is 3.30. The van der Waals surface area contributed by atoms with Gasteiger partial charge in [0, 0.05) is 11.8 Å². The highest BCUT2D eigenvalue weighted by molar-refractivity contribution is 5.78. The van der Waals surface area contributed by atoms with Crippen molar-refractivity contribution >= 4 is 5.91 Å². The first-order valence-electron chi connectivity index (χ1n) is 6.19.